The van der Waals surface area contributed by atoms with Gasteiger partial charge in [-0.25, -0.2) is 12.7 Å². The monoisotopic (exact) mass is 496 g/mol. The van der Waals surface area contributed by atoms with Gasteiger partial charge in [0.15, 0.2) is 0 Å². The third-order valence-electron chi connectivity index (χ3n) is 5.73. The predicted octanol–water partition coefficient (Wildman–Crippen LogP) is 5.44. The third kappa shape index (κ3) is 6.70. The number of rotatable bonds is 8. The largest absolute Gasteiger partial charge is 0.349 e. The zero-order chi connectivity index (χ0) is 23.3. The minimum atomic E-state index is -3.61. The summed E-state index contributed by atoms with van der Waals surface area (Å²) in [6.07, 6.45) is 2.13. The highest BCUT2D eigenvalue weighted by molar-refractivity contribution is 7.88. The Morgan fingerprint density at radius 1 is 1.16 bits per heavy atom. The molecule has 1 saturated heterocycles. The van der Waals surface area contributed by atoms with Crippen molar-refractivity contribution in [2.75, 3.05) is 13.1 Å². The zero-order valence-corrected chi connectivity index (χ0v) is 20.8. The number of nitrogens with one attached hydrogen (secondary N) is 1. The van der Waals surface area contributed by atoms with Gasteiger partial charge < -0.3 is 5.32 Å². The molecule has 1 amide bonds. The maximum Gasteiger partial charge on any atom is 0.224 e. The van der Waals surface area contributed by atoms with E-state index in [9.17, 15) is 13.2 Å². The van der Waals surface area contributed by atoms with Crippen molar-refractivity contribution in [1.82, 2.24) is 9.62 Å². The molecule has 1 fully saturated rings. The highest BCUT2D eigenvalue weighted by atomic mass is 35.5. The molecule has 3 rings (SSSR count). The van der Waals surface area contributed by atoms with Crippen molar-refractivity contribution in [3.05, 3.63) is 69.7 Å². The van der Waals surface area contributed by atoms with Crippen molar-refractivity contribution in [1.29, 1.82) is 0 Å². The van der Waals surface area contributed by atoms with Crippen LogP contribution >= 0.6 is 23.2 Å². The van der Waals surface area contributed by atoms with Crippen molar-refractivity contribution in [2.24, 2.45) is 11.8 Å². The average Bonchev–Trinajstić information content (AvgIpc) is 2.75. The van der Waals surface area contributed by atoms with Gasteiger partial charge in [-0.1, -0.05) is 73.4 Å². The van der Waals surface area contributed by atoms with E-state index in [0.717, 1.165) is 12.0 Å². The van der Waals surface area contributed by atoms with Gasteiger partial charge in [0.25, 0.3) is 0 Å². The van der Waals surface area contributed by atoms with Crippen molar-refractivity contribution >= 4 is 39.1 Å². The fourth-order valence-corrected chi connectivity index (χ4v) is 6.26. The molecule has 2 aromatic rings. The Hall–Kier alpha value is -1.60. The summed E-state index contributed by atoms with van der Waals surface area (Å²) in [7, 11) is -3.61. The summed E-state index contributed by atoms with van der Waals surface area (Å²) in [6.45, 7) is 4.84. The lowest BCUT2D eigenvalue weighted by Crippen LogP contribution is -2.46. The molecule has 0 aromatic heterocycles. The number of carbonyl (C=O) groups excluding carboxylic acids is 1. The smallest absolute Gasteiger partial charge is 0.224 e. The minimum absolute atomic E-state index is 0.0936. The molecule has 0 saturated carbocycles. The second-order valence-electron chi connectivity index (χ2n) is 8.79. The van der Waals surface area contributed by atoms with Crippen LogP contribution in [0.5, 0.6) is 0 Å². The molecule has 1 aliphatic heterocycles. The quantitative estimate of drug-likeness (QED) is 0.528. The van der Waals surface area contributed by atoms with Crippen LogP contribution in [0, 0.1) is 11.8 Å². The molecule has 0 radical (unpaired) electrons. The fraction of sp³-hybridized carbons (Fsp3) is 0.458. The first kappa shape index (κ1) is 25.0. The Bertz CT molecular complexity index is 1030. The van der Waals surface area contributed by atoms with Crippen LogP contribution in [-0.2, 0) is 20.6 Å². The van der Waals surface area contributed by atoms with Crippen molar-refractivity contribution in [3.8, 4) is 0 Å². The van der Waals surface area contributed by atoms with Crippen LogP contribution in [0.2, 0.25) is 10.0 Å². The van der Waals surface area contributed by atoms with E-state index in [1.807, 2.05) is 30.3 Å². The minimum Gasteiger partial charge on any atom is -0.349 e. The second-order valence-corrected chi connectivity index (χ2v) is 11.6. The maximum atomic E-state index is 13.1. The molecule has 8 heteroatoms. The van der Waals surface area contributed by atoms with E-state index in [1.165, 1.54) is 4.31 Å². The van der Waals surface area contributed by atoms with Gasteiger partial charge in [0.2, 0.25) is 15.9 Å². The molecule has 1 N–H and O–H groups in total. The van der Waals surface area contributed by atoms with Gasteiger partial charge in [0.05, 0.1) is 17.7 Å². The van der Waals surface area contributed by atoms with Gasteiger partial charge in [-0.15, -0.1) is 0 Å². The second kappa shape index (κ2) is 11.0. The Morgan fingerprint density at radius 3 is 2.53 bits per heavy atom. The number of sulfonamides is 1. The van der Waals surface area contributed by atoms with Crippen LogP contribution in [0.25, 0.3) is 0 Å². The summed E-state index contributed by atoms with van der Waals surface area (Å²) in [5, 5.41) is 3.96. The van der Waals surface area contributed by atoms with Gasteiger partial charge in [0.1, 0.15) is 0 Å². The summed E-state index contributed by atoms with van der Waals surface area (Å²) in [5.74, 6) is -0.272. The van der Waals surface area contributed by atoms with Gasteiger partial charge in [0, 0.05) is 23.1 Å². The van der Waals surface area contributed by atoms with Gasteiger partial charge >= 0.3 is 0 Å². The number of amides is 1. The maximum absolute atomic E-state index is 13.1. The summed E-state index contributed by atoms with van der Waals surface area (Å²) in [6, 6.07) is 14.6. The average molecular weight is 497 g/mol. The molecular formula is C24H30Cl2N2O3S. The van der Waals surface area contributed by atoms with Gasteiger partial charge in [-0.05, 0) is 48.4 Å². The normalized spacial score (nSPS) is 18.5. The Kier molecular flexibility index (Phi) is 8.62. The van der Waals surface area contributed by atoms with Crippen molar-refractivity contribution < 1.29 is 13.2 Å². The molecule has 0 aliphatic carbocycles. The lowest BCUT2D eigenvalue weighted by atomic mass is 9.94. The zero-order valence-electron chi connectivity index (χ0n) is 18.4. The highest BCUT2D eigenvalue weighted by Crippen LogP contribution is 2.27. The van der Waals surface area contributed by atoms with E-state index in [0.29, 0.717) is 40.9 Å². The summed E-state index contributed by atoms with van der Waals surface area (Å²) in [5.41, 5.74) is 1.57. The third-order valence-corrected chi connectivity index (χ3v) is 8.11. The number of hydrogen-bond acceptors (Lipinski definition) is 3. The van der Waals surface area contributed by atoms with E-state index in [1.54, 1.807) is 18.2 Å². The van der Waals surface area contributed by atoms with E-state index in [-0.39, 0.29) is 30.2 Å². The highest BCUT2D eigenvalue weighted by Gasteiger charge is 2.33. The molecule has 0 bridgehead atoms. The van der Waals surface area contributed by atoms with Crippen LogP contribution < -0.4 is 5.32 Å². The SMILES string of the molecule is CC(C)C[C@@H](NC(=O)[C@@H]1CCCN(S(=O)(=O)Cc2ccc(Cl)cc2Cl)C1)c1ccccc1. The summed E-state index contributed by atoms with van der Waals surface area (Å²) in [4.78, 5) is 13.1. The molecule has 1 aliphatic rings. The fourth-order valence-electron chi connectivity index (χ4n) is 4.06. The van der Waals surface area contributed by atoms with E-state index in [4.69, 9.17) is 23.2 Å². The Morgan fingerprint density at radius 2 is 1.88 bits per heavy atom. The molecule has 0 spiro atoms. The molecule has 2 aromatic carbocycles. The van der Waals surface area contributed by atoms with E-state index < -0.39 is 10.0 Å². The molecule has 174 valence electrons. The number of halogens is 2. The molecule has 2 atom stereocenters. The van der Waals surface area contributed by atoms with Crippen LogP contribution in [0.15, 0.2) is 48.5 Å². The number of piperidine rings is 1. The molecule has 1 heterocycles. The Labute approximate surface area is 201 Å². The Balaban J connectivity index is 1.69. The van der Waals surface area contributed by atoms with Crippen LogP contribution in [0.1, 0.15) is 50.3 Å². The van der Waals surface area contributed by atoms with Crippen molar-refractivity contribution in [2.45, 2.75) is 44.9 Å². The van der Waals surface area contributed by atoms with Crippen molar-refractivity contribution in [3.63, 3.8) is 0 Å². The van der Waals surface area contributed by atoms with Gasteiger partial charge in [-0.3, -0.25) is 4.79 Å². The van der Waals surface area contributed by atoms with Crippen LogP contribution in [-0.4, -0.2) is 31.7 Å². The number of nitrogens with zero attached hydrogens (tertiary/aromatic N) is 1. The lowest BCUT2D eigenvalue weighted by molar-refractivity contribution is -0.127. The molecular weight excluding hydrogens is 467 g/mol. The molecule has 32 heavy (non-hydrogen) atoms. The topological polar surface area (TPSA) is 66.5 Å². The molecule has 5 nitrogen and oxygen atoms in total. The van der Waals surface area contributed by atoms with Crippen LogP contribution in [0.4, 0.5) is 0 Å². The first-order chi connectivity index (χ1) is 15.2. The number of carbonyl (C=O) groups is 1. The first-order valence-corrected chi connectivity index (χ1v) is 13.3. The van der Waals surface area contributed by atoms with Gasteiger partial charge in [-0.2, -0.15) is 0 Å². The summed E-state index contributed by atoms with van der Waals surface area (Å²) < 4.78 is 27.5. The number of benzene rings is 2. The van der Waals surface area contributed by atoms with E-state index >= 15 is 0 Å². The van der Waals surface area contributed by atoms with E-state index in [2.05, 4.69) is 19.2 Å². The first-order valence-electron chi connectivity index (χ1n) is 10.9. The standard InChI is InChI=1S/C24H30Cl2N2O3S/c1-17(2)13-23(18-7-4-3-5-8-18)27-24(29)19-9-6-12-28(15-19)32(30,31)16-20-10-11-21(25)14-22(20)26/h3-5,7-8,10-11,14,17,19,23H,6,9,12-13,15-16H2,1-2H3,(H,27,29)/t19-,23-/m1/s1. The summed E-state index contributed by atoms with van der Waals surface area (Å²) >= 11 is 12.1. The predicted molar refractivity (Wildman–Crippen MR) is 130 cm³/mol. The lowest BCUT2D eigenvalue weighted by Gasteiger charge is -2.32. The van der Waals surface area contributed by atoms with Crippen LogP contribution in [0.3, 0.4) is 0 Å². The molecule has 0 unspecified atom stereocenters. The number of hydrogen-bond donors (Lipinski definition) is 1.